The van der Waals surface area contributed by atoms with Crippen molar-refractivity contribution in [2.75, 3.05) is 19.6 Å². The molecule has 0 aliphatic carbocycles. The van der Waals surface area contributed by atoms with Gasteiger partial charge in [-0.05, 0) is 45.0 Å². The van der Waals surface area contributed by atoms with E-state index in [1.165, 1.54) is 19.3 Å². The lowest BCUT2D eigenvalue weighted by molar-refractivity contribution is 0.0930. The number of benzene rings is 1. The van der Waals surface area contributed by atoms with Crippen molar-refractivity contribution >= 4 is 17.5 Å². The minimum atomic E-state index is -0.0885. The summed E-state index contributed by atoms with van der Waals surface area (Å²) in [6, 6.07) is 7.53. The summed E-state index contributed by atoms with van der Waals surface area (Å²) in [5.41, 5.74) is 0.551. The summed E-state index contributed by atoms with van der Waals surface area (Å²) >= 11 is 6.01. The molecule has 19 heavy (non-hydrogen) atoms. The van der Waals surface area contributed by atoms with Gasteiger partial charge in [0.05, 0.1) is 10.6 Å². The van der Waals surface area contributed by atoms with Crippen molar-refractivity contribution in [3.05, 3.63) is 34.9 Å². The van der Waals surface area contributed by atoms with Crippen LogP contribution < -0.4 is 5.32 Å². The molecule has 1 heterocycles. The second-order valence-corrected chi connectivity index (χ2v) is 5.54. The number of hydrogen-bond acceptors (Lipinski definition) is 2. The Morgan fingerprint density at radius 2 is 2.00 bits per heavy atom. The zero-order valence-electron chi connectivity index (χ0n) is 11.4. The van der Waals surface area contributed by atoms with E-state index in [1.807, 2.05) is 12.1 Å². The van der Waals surface area contributed by atoms with E-state index in [1.54, 1.807) is 12.1 Å². The van der Waals surface area contributed by atoms with Crippen LogP contribution in [0.2, 0.25) is 5.02 Å². The molecule has 1 fully saturated rings. The van der Waals surface area contributed by atoms with Gasteiger partial charge in [-0.1, -0.05) is 30.2 Å². The van der Waals surface area contributed by atoms with Gasteiger partial charge in [-0.2, -0.15) is 0 Å². The monoisotopic (exact) mass is 280 g/mol. The molecular weight excluding hydrogens is 260 g/mol. The molecule has 1 unspecified atom stereocenters. The van der Waals surface area contributed by atoms with E-state index in [-0.39, 0.29) is 5.91 Å². The molecule has 1 N–H and O–H groups in total. The summed E-state index contributed by atoms with van der Waals surface area (Å²) in [5, 5.41) is 3.48. The maximum atomic E-state index is 12.0. The topological polar surface area (TPSA) is 32.3 Å². The zero-order valence-corrected chi connectivity index (χ0v) is 12.1. The lowest BCUT2D eigenvalue weighted by atomic mass is 10.1. The Morgan fingerprint density at radius 1 is 1.32 bits per heavy atom. The van der Waals surface area contributed by atoms with Crippen LogP contribution in [0.15, 0.2) is 24.3 Å². The lowest BCUT2D eigenvalue weighted by Gasteiger charge is -2.32. The molecule has 104 valence electrons. The van der Waals surface area contributed by atoms with E-state index in [2.05, 4.69) is 17.1 Å². The van der Waals surface area contributed by atoms with E-state index in [0.717, 1.165) is 13.1 Å². The smallest absolute Gasteiger partial charge is 0.252 e. The summed E-state index contributed by atoms with van der Waals surface area (Å²) in [6.07, 6.45) is 3.86. The molecule has 0 spiro atoms. The molecule has 1 atom stereocenters. The van der Waals surface area contributed by atoms with Gasteiger partial charge in [0.15, 0.2) is 0 Å². The van der Waals surface area contributed by atoms with Gasteiger partial charge in [-0.25, -0.2) is 0 Å². The molecular formula is C15H21ClN2O. The summed E-state index contributed by atoms with van der Waals surface area (Å²) < 4.78 is 0. The van der Waals surface area contributed by atoms with Crippen molar-refractivity contribution in [2.24, 2.45) is 0 Å². The quantitative estimate of drug-likeness (QED) is 0.920. The molecule has 0 aromatic heterocycles. The third-order valence-corrected chi connectivity index (χ3v) is 4.02. The number of carbonyl (C=O) groups is 1. The molecule has 3 nitrogen and oxygen atoms in total. The van der Waals surface area contributed by atoms with E-state index in [4.69, 9.17) is 11.6 Å². The Bertz CT molecular complexity index is 430. The van der Waals surface area contributed by atoms with Crippen LogP contribution in [-0.2, 0) is 0 Å². The van der Waals surface area contributed by atoms with E-state index in [0.29, 0.717) is 23.2 Å². The second kappa shape index (κ2) is 6.92. The first-order valence-corrected chi connectivity index (χ1v) is 7.33. The lowest BCUT2D eigenvalue weighted by Crippen LogP contribution is -2.44. The van der Waals surface area contributed by atoms with E-state index < -0.39 is 0 Å². The minimum Gasteiger partial charge on any atom is -0.350 e. The number of likely N-dealkylation sites (tertiary alicyclic amines) is 1. The van der Waals surface area contributed by atoms with Crippen LogP contribution in [-0.4, -0.2) is 36.5 Å². The van der Waals surface area contributed by atoms with E-state index >= 15 is 0 Å². The highest BCUT2D eigenvalue weighted by molar-refractivity contribution is 6.33. The number of nitrogens with one attached hydrogen (secondary N) is 1. The molecule has 1 aromatic rings. The van der Waals surface area contributed by atoms with E-state index in [9.17, 15) is 4.79 Å². The number of nitrogens with zero attached hydrogens (tertiary/aromatic N) is 1. The third kappa shape index (κ3) is 3.95. The second-order valence-electron chi connectivity index (χ2n) is 5.14. The normalized spacial score (nSPS) is 18.0. The standard InChI is InChI=1S/C15H21ClN2O/c1-12(18-9-5-2-6-10-18)11-17-15(19)13-7-3-4-8-14(13)16/h3-4,7-8,12H,2,5-6,9-11H2,1H3,(H,17,19). The maximum absolute atomic E-state index is 12.0. The van der Waals surface area contributed by atoms with Crippen molar-refractivity contribution in [3.63, 3.8) is 0 Å². The summed E-state index contributed by atoms with van der Waals surface area (Å²) in [5.74, 6) is -0.0885. The number of amides is 1. The number of carbonyl (C=O) groups excluding carboxylic acids is 1. The van der Waals surface area contributed by atoms with Gasteiger partial charge in [-0.3, -0.25) is 9.69 Å². The average molecular weight is 281 g/mol. The minimum absolute atomic E-state index is 0.0885. The Labute approximate surface area is 119 Å². The Kier molecular flexibility index (Phi) is 5.23. The van der Waals surface area contributed by atoms with Crippen molar-refractivity contribution in [1.29, 1.82) is 0 Å². The van der Waals surface area contributed by atoms with Gasteiger partial charge >= 0.3 is 0 Å². The SMILES string of the molecule is CC(CNC(=O)c1ccccc1Cl)N1CCCCC1. The Balaban J connectivity index is 1.84. The van der Waals surface area contributed by atoms with Crippen LogP contribution in [0.1, 0.15) is 36.5 Å². The molecule has 1 aliphatic heterocycles. The fourth-order valence-corrected chi connectivity index (χ4v) is 2.69. The molecule has 1 amide bonds. The van der Waals surface area contributed by atoms with Gasteiger partial charge in [0.2, 0.25) is 0 Å². The number of rotatable bonds is 4. The van der Waals surface area contributed by atoms with Gasteiger partial charge in [0, 0.05) is 12.6 Å². The van der Waals surface area contributed by atoms with Crippen LogP contribution >= 0.6 is 11.6 Å². The first-order chi connectivity index (χ1) is 9.18. The molecule has 1 saturated heterocycles. The number of hydrogen-bond donors (Lipinski definition) is 1. The number of halogens is 1. The number of piperidine rings is 1. The van der Waals surface area contributed by atoms with Crippen LogP contribution in [0.5, 0.6) is 0 Å². The van der Waals surface area contributed by atoms with Crippen molar-refractivity contribution in [3.8, 4) is 0 Å². The Morgan fingerprint density at radius 3 is 2.68 bits per heavy atom. The average Bonchev–Trinajstić information content (AvgIpc) is 2.46. The zero-order chi connectivity index (χ0) is 13.7. The fourth-order valence-electron chi connectivity index (χ4n) is 2.47. The van der Waals surface area contributed by atoms with Gasteiger partial charge in [-0.15, -0.1) is 0 Å². The van der Waals surface area contributed by atoms with Crippen molar-refractivity contribution < 1.29 is 4.79 Å². The first kappa shape index (κ1) is 14.4. The van der Waals surface area contributed by atoms with Gasteiger partial charge in [0.25, 0.3) is 5.91 Å². The highest BCUT2D eigenvalue weighted by Gasteiger charge is 2.17. The molecule has 4 heteroatoms. The van der Waals surface area contributed by atoms with Crippen LogP contribution in [0.3, 0.4) is 0 Å². The molecule has 1 aromatic carbocycles. The van der Waals surface area contributed by atoms with Crippen LogP contribution in [0.4, 0.5) is 0 Å². The first-order valence-electron chi connectivity index (χ1n) is 6.95. The van der Waals surface area contributed by atoms with Crippen molar-refractivity contribution in [1.82, 2.24) is 10.2 Å². The maximum Gasteiger partial charge on any atom is 0.252 e. The molecule has 0 bridgehead atoms. The predicted molar refractivity (Wildman–Crippen MR) is 78.7 cm³/mol. The highest BCUT2D eigenvalue weighted by Crippen LogP contribution is 2.15. The van der Waals surface area contributed by atoms with Crippen LogP contribution in [0.25, 0.3) is 0 Å². The van der Waals surface area contributed by atoms with Crippen molar-refractivity contribution in [2.45, 2.75) is 32.2 Å². The predicted octanol–water partition coefficient (Wildman–Crippen LogP) is 2.94. The summed E-state index contributed by atoms with van der Waals surface area (Å²) in [4.78, 5) is 14.5. The molecule has 0 radical (unpaired) electrons. The van der Waals surface area contributed by atoms with Gasteiger partial charge in [0.1, 0.15) is 0 Å². The third-order valence-electron chi connectivity index (χ3n) is 3.69. The largest absolute Gasteiger partial charge is 0.350 e. The Hall–Kier alpha value is -1.06. The molecule has 2 rings (SSSR count). The molecule has 0 saturated carbocycles. The molecule has 1 aliphatic rings. The fraction of sp³-hybridized carbons (Fsp3) is 0.533. The van der Waals surface area contributed by atoms with Gasteiger partial charge < -0.3 is 5.32 Å². The summed E-state index contributed by atoms with van der Waals surface area (Å²) in [7, 11) is 0. The van der Waals surface area contributed by atoms with Crippen LogP contribution in [0, 0.1) is 0 Å². The summed E-state index contributed by atoms with van der Waals surface area (Å²) in [6.45, 7) is 5.12. The highest BCUT2D eigenvalue weighted by atomic mass is 35.5.